The lowest BCUT2D eigenvalue weighted by atomic mass is 9.93. The molecule has 2 aromatic heterocycles. The van der Waals surface area contributed by atoms with Gasteiger partial charge in [0.05, 0.1) is 19.0 Å². The van der Waals surface area contributed by atoms with Gasteiger partial charge in [-0.25, -0.2) is 9.97 Å². The predicted molar refractivity (Wildman–Crippen MR) is 122 cm³/mol. The molecule has 3 aromatic rings. The van der Waals surface area contributed by atoms with E-state index >= 15 is 0 Å². The molecule has 4 rings (SSSR count). The first-order valence-electron chi connectivity index (χ1n) is 11.0. The number of para-hydroxylation sites is 2. The van der Waals surface area contributed by atoms with Crippen LogP contribution in [-0.4, -0.2) is 57.0 Å². The number of aromatic nitrogens is 4. The van der Waals surface area contributed by atoms with E-state index in [-0.39, 0.29) is 17.4 Å². The summed E-state index contributed by atoms with van der Waals surface area (Å²) < 4.78 is 11.3. The van der Waals surface area contributed by atoms with Crippen LogP contribution in [0.25, 0.3) is 11.5 Å². The number of methoxy groups -OCH3 is 1. The predicted octanol–water partition coefficient (Wildman–Crippen LogP) is 2.80. The summed E-state index contributed by atoms with van der Waals surface area (Å²) in [5.74, 6) is 1.60. The molecule has 0 bridgehead atoms. The summed E-state index contributed by atoms with van der Waals surface area (Å²) >= 11 is 0. The third kappa shape index (κ3) is 5.19. The van der Waals surface area contributed by atoms with Crippen molar-refractivity contribution in [3.8, 4) is 23.0 Å². The number of ether oxygens (including phenoxy) is 2. The van der Waals surface area contributed by atoms with Gasteiger partial charge >= 0.3 is 0 Å². The van der Waals surface area contributed by atoms with Gasteiger partial charge < -0.3 is 19.4 Å². The largest absolute Gasteiger partial charge is 0.493 e. The molecule has 1 aliphatic rings. The van der Waals surface area contributed by atoms with Crippen LogP contribution in [0.4, 0.5) is 0 Å². The molecule has 0 spiro atoms. The van der Waals surface area contributed by atoms with E-state index < -0.39 is 6.10 Å². The van der Waals surface area contributed by atoms with Gasteiger partial charge in [-0.1, -0.05) is 19.1 Å². The molecular formula is C24H27N5O4. The van der Waals surface area contributed by atoms with E-state index in [1.807, 2.05) is 30.0 Å². The van der Waals surface area contributed by atoms with Crippen LogP contribution in [0.5, 0.6) is 11.5 Å². The molecule has 9 heteroatoms. The molecule has 1 N–H and O–H groups in total. The number of rotatable bonds is 7. The fourth-order valence-corrected chi connectivity index (χ4v) is 4.01. The standard InChI is InChI=1S/C24H27N5O4/c1-3-19(33-21-7-5-4-6-20(21)32-2)24(31)29-12-8-16(9-13-29)17-14-22(30)28-23(27-17)18-15-25-10-11-26-18/h4-7,10-11,14-16,19H,3,8-9,12-13H2,1-2H3,(H,27,28,30)/t19-/m1/s1. The minimum Gasteiger partial charge on any atom is -0.493 e. The lowest BCUT2D eigenvalue weighted by molar-refractivity contribution is -0.140. The number of likely N-dealkylation sites (tertiary alicyclic amines) is 1. The Kier molecular flexibility index (Phi) is 6.97. The SMILES string of the molecule is CC[C@@H](Oc1ccccc1OC)C(=O)N1CCC(c2cc(=O)[nH]c(-c3cnccn3)n2)CC1. The van der Waals surface area contributed by atoms with E-state index in [9.17, 15) is 9.59 Å². The van der Waals surface area contributed by atoms with Gasteiger partial charge in [0.1, 0.15) is 5.69 Å². The van der Waals surface area contributed by atoms with Crippen molar-refractivity contribution in [1.82, 2.24) is 24.8 Å². The highest BCUT2D eigenvalue weighted by Crippen LogP contribution is 2.30. The Bertz CT molecular complexity index is 1140. The molecule has 0 aliphatic carbocycles. The van der Waals surface area contributed by atoms with Gasteiger partial charge in [-0.3, -0.25) is 14.6 Å². The van der Waals surface area contributed by atoms with Gasteiger partial charge in [-0.2, -0.15) is 0 Å². The van der Waals surface area contributed by atoms with Crippen molar-refractivity contribution in [1.29, 1.82) is 0 Å². The van der Waals surface area contributed by atoms with Crippen LogP contribution in [0.1, 0.15) is 37.8 Å². The Labute approximate surface area is 191 Å². The number of aromatic amines is 1. The summed E-state index contributed by atoms with van der Waals surface area (Å²) in [6.07, 6.45) is 6.09. The monoisotopic (exact) mass is 449 g/mol. The van der Waals surface area contributed by atoms with Crippen molar-refractivity contribution in [3.05, 3.63) is 65.0 Å². The van der Waals surface area contributed by atoms with Crippen LogP contribution in [0.15, 0.2) is 53.7 Å². The summed E-state index contributed by atoms with van der Waals surface area (Å²) in [5.41, 5.74) is 1.00. The van der Waals surface area contributed by atoms with Crippen molar-refractivity contribution in [2.45, 2.75) is 38.2 Å². The number of amides is 1. The maximum atomic E-state index is 13.1. The third-order valence-corrected chi connectivity index (χ3v) is 5.78. The lowest BCUT2D eigenvalue weighted by Crippen LogP contribution is -2.45. The molecule has 1 saturated heterocycles. The van der Waals surface area contributed by atoms with Crippen molar-refractivity contribution in [3.63, 3.8) is 0 Å². The molecule has 172 valence electrons. The van der Waals surface area contributed by atoms with Crippen LogP contribution in [0.3, 0.4) is 0 Å². The first-order chi connectivity index (χ1) is 16.1. The lowest BCUT2D eigenvalue weighted by Gasteiger charge is -2.34. The Hall–Kier alpha value is -3.75. The van der Waals surface area contributed by atoms with Gasteiger partial charge in [0.15, 0.2) is 23.4 Å². The molecule has 1 aromatic carbocycles. The minimum absolute atomic E-state index is 0.0408. The second-order valence-corrected chi connectivity index (χ2v) is 7.87. The highest BCUT2D eigenvalue weighted by atomic mass is 16.5. The zero-order valence-corrected chi connectivity index (χ0v) is 18.7. The first kappa shape index (κ1) is 22.4. The number of carbonyl (C=O) groups excluding carboxylic acids is 1. The molecule has 1 amide bonds. The maximum absolute atomic E-state index is 13.1. The zero-order chi connectivity index (χ0) is 23.2. The van der Waals surface area contributed by atoms with Gasteiger partial charge in [0, 0.05) is 37.5 Å². The Balaban J connectivity index is 1.42. The molecule has 0 saturated carbocycles. The second kappa shape index (κ2) is 10.2. The van der Waals surface area contributed by atoms with Crippen molar-refractivity contribution >= 4 is 5.91 Å². The average Bonchev–Trinajstić information content (AvgIpc) is 2.87. The summed E-state index contributed by atoms with van der Waals surface area (Å²) in [5, 5.41) is 0. The van der Waals surface area contributed by atoms with E-state index in [4.69, 9.17) is 9.47 Å². The smallest absolute Gasteiger partial charge is 0.263 e. The van der Waals surface area contributed by atoms with E-state index in [2.05, 4.69) is 19.9 Å². The summed E-state index contributed by atoms with van der Waals surface area (Å²) in [6, 6.07) is 8.85. The average molecular weight is 450 g/mol. The molecule has 0 radical (unpaired) electrons. The molecule has 1 aliphatic heterocycles. The number of nitrogens with one attached hydrogen (secondary N) is 1. The van der Waals surface area contributed by atoms with Crippen LogP contribution in [0.2, 0.25) is 0 Å². The number of hydrogen-bond acceptors (Lipinski definition) is 7. The van der Waals surface area contributed by atoms with Crippen molar-refractivity contribution in [2.24, 2.45) is 0 Å². The van der Waals surface area contributed by atoms with Crippen LogP contribution >= 0.6 is 0 Å². The van der Waals surface area contributed by atoms with Crippen molar-refractivity contribution in [2.75, 3.05) is 20.2 Å². The highest BCUT2D eigenvalue weighted by molar-refractivity contribution is 5.81. The van der Waals surface area contributed by atoms with E-state index in [0.29, 0.717) is 61.1 Å². The van der Waals surface area contributed by atoms with Crippen LogP contribution in [0, 0.1) is 0 Å². The normalized spacial score (nSPS) is 15.2. The highest BCUT2D eigenvalue weighted by Gasteiger charge is 2.30. The second-order valence-electron chi connectivity index (χ2n) is 7.87. The Morgan fingerprint density at radius 1 is 1.21 bits per heavy atom. The van der Waals surface area contributed by atoms with Gasteiger partial charge in [0.2, 0.25) is 0 Å². The molecular weight excluding hydrogens is 422 g/mol. The molecule has 1 atom stereocenters. The number of benzene rings is 1. The minimum atomic E-state index is -0.584. The van der Waals surface area contributed by atoms with Crippen LogP contribution in [-0.2, 0) is 4.79 Å². The van der Waals surface area contributed by atoms with Crippen LogP contribution < -0.4 is 15.0 Å². The van der Waals surface area contributed by atoms with Gasteiger partial charge in [-0.05, 0) is 31.4 Å². The molecule has 1 fully saturated rings. The fourth-order valence-electron chi connectivity index (χ4n) is 4.01. The summed E-state index contributed by atoms with van der Waals surface area (Å²) in [7, 11) is 1.58. The topological polar surface area (TPSA) is 110 Å². The molecule has 0 unspecified atom stereocenters. The number of carbonyl (C=O) groups is 1. The first-order valence-corrected chi connectivity index (χ1v) is 11.0. The summed E-state index contributed by atoms with van der Waals surface area (Å²) in [4.78, 5) is 42.8. The van der Waals surface area contributed by atoms with E-state index in [0.717, 1.165) is 0 Å². The third-order valence-electron chi connectivity index (χ3n) is 5.78. The van der Waals surface area contributed by atoms with Gasteiger partial charge in [0.25, 0.3) is 11.5 Å². The molecule has 3 heterocycles. The number of nitrogens with zero attached hydrogens (tertiary/aromatic N) is 4. The number of piperidine rings is 1. The van der Waals surface area contributed by atoms with Crippen molar-refractivity contribution < 1.29 is 14.3 Å². The number of H-pyrrole nitrogens is 1. The number of hydrogen-bond donors (Lipinski definition) is 1. The van der Waals surface area contributed by atoms with E-state index in [1.165, 1.54) is 6.07 Å². The van der Waals surface area contributed by atoms with Gasteiger partial charge in [-0.15, -0.1) is 0 Å². The Morgan fingerprint density at radius 3 is 2.64 bits per heavy atom. The maximum Gasteiger partial charge on any atom is 0.263 e. The summed E-state index contributed by atoms with van der Waals surface area (Å²) in [6.45, 7) is 3.08. The molecule has 33 heavy (non-hydrogen) atoms. The Morgan fingerprint density at radius 2 is 1.97 bits per heavy atom. The zero-order valence-electron chi connectivity index (χ0n) is 18.7. The van der Waals surface area contributed by atoms with E-state index in [1.54, 1.807) is 31.8 Å². The molecule has 9 nitrogen and oxygen atoms in total. The quantitative estimate of drug-likeness (QED) is 0.590. The fraction of sp³-hybridized carbons (Fsp3) is 0.375.